The summed E-state index contributed by atoms with van der Waals surface area (Å²) in [4.78, 5) is 16.9. The van der Waals surface area contributed by atoms with Crippen molar-refractivity contribution in [3.8, 4) is 10.6 Å². The number of hydrogen-bond donors (Lipinski definition) is 1. The lowest BCUT2D eigenvalue weighted by Gasteiger charge is -2.02. The molecule has 0 radical (unpaired) electrons. The van der Waals surface area contributed by atoms with Crippen LogP contribution in [-0.4, -0.2) is 20.7 Å². The first-order valence-electron chi connectivity index (χ1n) is 8.72. The molecule has 0 saturated carbocycles. The predicted octanol–water partition coefficient (Wildman–Crippen LogP) is 5.00. The van der Waals surface area contributed by atoms with Crippen molar-refractivity contribution in [1.82, 2.24) is 14.8 Å². The highest BCUT2D eigenvalue weighted by atomic mass is 79.9. The number of hydrogen-bond acceptors (Lipinski definition) is 4. The Bertz CT molecular complexity index is 1090. The fourth-order valence-electron chi connectivity index (χ4n) is 2.80. The molecule has 0 aliphatic carbocycles. The second kappa shape index (κ2) is 8.50. The minimum atomic E-state index is -0.106. The molecule has 1 amide bonds. The van der Waals surface area contributed by atoms with Gasteiger partial charge in [-0.2, -0.15) is 5.10 Å². The van der Waals surface area contributed by atoms with E-state index in [0.717, 1.165) is 26.3 Å². The lowest BCUT2D eigenvalue weighted by molar-refractivity contribution is -0.115. The van der Waals surface area contributed by atoms with Crippen molar-refractivity contribution in [1.29, 1.82) is 0 Å². The molecule has 4 rings (SSSR count). The van der Waals surface area contributed by atoms with Gasteiger partial charge in [-0.1, -0.05) is 58.4 Å². The monoisotopic (exact) mass is 452 g/mol. The highest BCUT2D eigenvalue weighted by molar-refractivity contribution is 9.10. The smallest absolute Gasteiger partial charge is 0.230 e. The summed E-state index contributed by atoms with van der Waals surface area (Å²) >= 11 is 5.01. The minimum Gasteiger partial charge on any atom is -0.323 e. The van der Waals surface area contributed by atoms with Crippen LogP contribution in [0.2, 0.25) is 0 Å². The third-order valence-electron chi connectivity index (χ3n) is 4.07. The molecule has 0 spiro atoms. The van der Waals surface area contributed by atoms with Gasteiger partial charge in [0.05, 0.1) is 30.5 Å². The van der Waals surface area contributed by atoms with Crippen LogP contribution in [0.15, 0.2) is 76.8 Å². The van der Waals surface area contributed by atoms with E-state index in [1.165, 1.54) is 11.3 Å². The van der Waals surface area contributed by atoms with E-state index in [1.807, 2.05) is 66.2 Å². The second-order valence-electron chi connectivity index (χ2n) is 6.29. The van der Waals surface area contributed by atoms with Gasteiger partial charge in [0, 0.05) is 21.6 Å². The first kappa shape index (κ1) is 18.6. The van der Waals surface area contributed by atoms with Gasteiger partial charge in [0.15, 0.2) is 0 Å². The topological polar surface area (TPSA) is 59.8 Å². The number of anilines is 1. The SMILES string of the molecule is O=C(Cc1csc(-c2cccc(Br)c2)n1)Nc1cnn(Cc2ccccc2)c1. The van der Waals surface area contributed by atoms with Crippen LogP contribution in [0.3, 0.4) is 0 Å². The molecule has 7 heteroatoms. The molecule has 0 aliphatic heterocycles. The van der Waals surface area contributed by atoms with Crippen LogP contribution in [0.25, 0.3) is 10.6 Å². The number of amides is 1. The summed E-state index contributed by atoms with van der Waals surface area (Å²) in [7, 11) is 0. The zero-order valence-electron chi connectivity index (χ0n) is 14.9. The fourth-order valence-corrected chi connectivity index (χ4v) is 4.01. The number of aromatic nitrogens is 3. The summed E-state index contributed by atoms with van der Waals surface area (Å²) in [5.41, 5.74) is 3.64. The number of carbonyl (C=O) groups excluding carboxylic acids is 1. The predicted molar refractivity (Wildman–Crippen MR) is 115 cm³/mol. The largest absolute Gasteiger partial charge is 0.323 e. The Kier molecular flexibility index (Phi) is 5.64. The lowest BCUT2D eigenvalue weighted by atomic mass is 10.2. The van der Waals surface area contributed by atoms with Crippen LogP contribution in [0, 0.1) is 0 Å². The molecule has 140 valence electrons. The highest BCUT2D eigenvalue weighted by Crippen LogP contribution is 2.26. The molecule has 2 aromatic carbocycles. The number of thiazole rings is 1. The van der Waals surface area contributed by atoms with E-state index < -0.39 is 0 Å². The molecule has 2 aromatic heterocycles. The van der Waals surface area contributed by atoms with E-state index in [1.54, 1.807) is 10.9 Å². The Morgan fingerprint density at radius 2 is 2.00 bits per heavy atom. The number of carbonyl (C=O) groups is 1. The van der Waals surface area contributed by atoms with Crippen molar-refractivity contribution in [3.05, 3.63) is 88.1 Å². The summed E-state index contributed by atoms with van der Waals surface area (Å²) in [5.74, 6) is -0.106. The van der Waals surface area contributed by atoms with E-state index >= 15 is 0 Å². The Hall–Kier alpha value is -2.77. The van der Waals surface area contributed by atoms with Gasteiger partial charge in [-0.15, -0.1) is 11.3 Å². The molecule has 2 heterocycles. The van der Waals surface area contributed by atoms with Crippen molar-refractivity contribution < 1.29 is 4.79 Å². The highest BCUT2D eigenvalue weighted by Gasteiger charge is 2.11. The number of benzene rings is 2. The number of rotatable bonds is 6. The average Bonchev–Trinajstić information content (AvgIpc) is 3.32. The Labute approximate surface area is 175 Å². The molecular weight excluding hydrogens is 436 g/mol. The molecule has 4 aromatic rings. The molecule has 0 aliphatic rings. The quantitative estimate of drug-likeness (QED) is 0.447. The molecule has 5 nitrogen and oxygen atoms in total. The van der Waals surface area contributed by atoms with Gasteiger partial charge < -0.3 is 5.32 Å². The van der Waals surface area contributed by atoms with Crippen LogP contribution in [0.4, 0.5) is 5.69 Å². The van der Waals surface area contributed by atoms with E-state index in [0.29, 0.717) is 12.2 Å². The van der Waals surface area contributed by atoms with Crippen LogP contribution >= 0.6 is 27.3 Å². The summed E-state index contributed by atoms with van der Waals surface area (Å²) in [6.45, 7) is 0.665. The van der Waals surface area contributed by atoms with Crippen LogP contribution < -0.4 is 5.32 Å². The van der Waals surface area contributed by atoms with Crippen molar-refractivity contribution in [2.24, 2.45) is 0 Å². The third-order valence-corrected chi connectivity index (χ3v) is 5.50. The summed E-state index contributed by atoms with van der Waals surface area (Å²) in [6.07, 6.45) is 3.72. The molecule has 1 N–H and O–H groups in total. The van der Waals surface area contributed by atoms with E-state index in [4.69, 9.17) is 0 Å². The van der Waals surface area contributed by atoms with Crippen molar-refractivity contribution in [2.75, 3.05) is 5.32 Å². The van der Waals surface area contributed by atoms with Gasteiger partial charge in [0.2, 0.25) is 5.91 Å². The number of halogens is 1. The lowest BCUT2D eigenvalue weighted by Crippen LogP contribution is -2.14. The van der Waals surface area contributed by atoms with Crippen LogP contribution in [0.5, 0.6) is 0 Å². The molecule has 0 atom stereocenters. The maximum atomic E-state index is 12.4. The maximum Gasteiger partial charge on any atom is 0.230 e. The molecule has 0 bridgehead atoms. The normalized spacial score (nSPS) is 10.8. The van der Waals surface area contributed by atoms with E-state index in [-0.39, 0.29) is 12.3 Å². The third kappa shape index (κ3) is 4.74. The Balaban J connectivity index is 1.36. The maximum absolute atomic E-state index is 12.4. The van der Waals surface area contributed by atoms with Gasteiger partial charge in [-0.25, -0.2) is 4.98 Å². The molecule has 0 unspecified atom stereocenters. The van der Waals surface area contributed by atoms with Gasteiger partial charge in [0.25, 0.3) is 0 Å². The van der Waals surface area contributed by atoms with Gasteiger partial charge in [-0.3, -0.25) is 9.48 Å². The zero-order chi connectivity index (χ0) is 19.3. The first-order chi connectivity index (χ1) is 13.7. The molecular formula is C21H17BrN4OS. The van der Waals surface area contributed by atoms with E-state index in [9.17, 15) is 4.79 Å². The standard InChI is InChI=1S/C21H17BrN4OS/c22-17-8-4-7-16(9-17)21-25-18(14-28-21)10-20(27)24-19-11-23-26(13-19)12-15-5-2-1-3-6-15/h1-9,11,13-14H,10,12H2,(H,24,27). The van der Waals surface area contributed by atoms with Crippen molar-refractivity contribution in [3.63, 3.8) is 0 Å². The van der Waals surface area contributed by atoms with Crippen LogP contribution in [0.1, 0.15) is 11.3 Å². The summed E-state index contributed by atoms with van der Waals surface area (Å²) in [6, 6.07) is 18.0. The summed E-state index contributed by atoms with van der Waals surface area (Å²) in [5, 5.41) is 10.0. The molecule has 28 heavy (non-hydrogen) atoms. The van der Waals surface area contributed by atoms with Crippen molar-refractivity contribution >= 4 is 38.9 Å². The Morgan fingerprint density at radius 1 is 1.14 bits per heavy atom. The zero-order valence-corrected chi connectivity index (χ0v) is 17.3. The first-order valence-corrected chi connectivity index (χ1v) is 10.4. The van der Waals surface area contributed by atoms with Crippen LogP contribution in [-0.2, 0) is 17.8 Å². The molecule has 0 fully saturated rings. The van der Waals surface area contributed by atoms with Gasteiger partial charge >= 0.3 is 0 Å². The second-order valence-corrected chi connectivity index (χ2v) is 8.07. The number of nitrogens with zero attached hydrogens (tertiary/aromatic N) is 3. The average molecular weight is 453 g/mol. The fraction of sp³-hybridized carbons (Fsp3) is 0.0952. The summed E-state index contributed by atoms with van der Waals surface area (Å²) < 4.78 is 2.81. The van der Waals surface area contributed by atoms with Gasteiger partial charge in [-0.05, 0) is 17.7 Å². The van der Waals surface area contributed by atoms with Crippen molar-refractivity contribution in [2.45, 2.75) is 13.0 Å². The Morgan fingerprint density at radius 3 is 2.82 bits per heavy atom. The molecule has 0 saturated heterocycles. The minimum absolute atomic E-state index is 0.106. The van der Waals surface area contributed by atoms with Gasteiger partial charge in [0.1, 0.15) is 5.01 Å². The number of nitrogens with one attached hydrogen (secondary N) is 1. The van der Waals surface area contributed by atoms with E-state index in [2.05, 4.69) is 31.3 Å².